The monoisotopic (exact) mass is 350 g/mol. The second kappa shape index (κ2) is 7.59. The molecule has 7 nitrogen and oxygen atoms in total. The van der Waals surface area contributed by atoms with E-state index in [1.165, 1.54) is 21.1 Å². The molecule has 0 aliphatic rings. The van der Waals surface area contributed by atoms with Gasteiger partial charge in [0.2, 0.25) is 10.0 Å². The largest absolute Gasteiger partial charge is 0.345 e. The normalized spacial score (nSPS) is 11.7. The Morgan fingerprint density at radius 3 is 2.58 bits per heavy atom. The molecule has 0 spiro atoms. The fraction of sp³-hybridized carbons (Fsp3) is 0.375. The zero-order chi connectivity index (χ0) is 17.7. The average Bonchev–Trinajstić information content (AvgIpc) is 2.97. The number of rotatable bonds is 7. The van der Waals surface area contributed by atoms with Crippen LogP contribution in [-0.4, -0.2) is 41.3 Å². The highest BCUT2D eigenvalue weighted by Crippen LogP contribution is 2.18. The summed E-state index contributed by atoms with van der Waals surface area (Å²) in [5, 5.41) is 2.75. The standard InChI is InChI=1S/C16H22N4O3S/c1-4-20(5-2)24(22,23)14-10-15(19(3)12-14)16(21)18-11-13-8-6-7-9-17-13/h6-10,12H,4-5,11H2,1-3H3,(H,18,21). The zero-order valence-electron chi connectivity index (χ0n) is 14.1. The van der Waals surface area contributed by atoms with Crippen LogP contribution in [0.1, 0.15) is 30.0 Å². The molecule has 0 bridgehead atoms. The number of aryl methyl sites for hydroxylation is 1. The molecule has 0 unspecified atom stereocenters. The fourth-order valence-electron chi connectivity index (χ4n) is 2.38. The van der Waals surface area contributed by atoms with Crippen molar-refractivity contribution in [1.82, 2.24) is 19.2 Å². The first kappa shape index (κ1) is 18.2. The third-order valence-corrected chi connectivity index (χ3v) is 5.73. The van der Waals surface area contributed by atoms with Gasteiger partial charge in [-0.15, -0.1) is 0 Å². The number of carbonyl (C=O) groups excluding carboxylic acids is 1. The van der Waals surface area contributed by atoms with E-state index in [4.69, 9.17) is 0 Å². The van der Waals surface area contributed by atoms with Crippen LogP contribution in [0.3, 0.4) is 0 Å². The van der Waals surface area contributed by atoms with Gasteiger partial charge < -0.3 is 9.88 Å². The highest BCUT2D eigenvalue weighted by molar-refractivity contribution is 7.89. The molecule has 2 rings (SSSR count). The van der Waals surface area contributed by atoms with Crippen molar-refractivity contribution in [2.24, 2.45) is 7.05 Å². The van der Waals surface area contributed by atoms with Gasteiger partial charge in [0.1, 0.15) is 10.6 Å². The quantitative estimate of drug-likeness (QED) is 0.818. The van der Waals surface area contributed by atoms with Crippen molar-refractivity contribution in [3.05, 3.63) is 48.0 Å². The second-order valence-electron chi connectivity index (χ2n) is 5.27. The number of hydrogen-bond acceptors (Lipinski definition) is 4. The van der Waals surface area contributed by atoms with Crippen LogP contribution >= 0.6 is 0 Å². The van der Waals surface area contributed by atoms with Crippen molar-refractivity contribution < 1.29 is 13.2 Å². The first-order valence-corrected chi connectivity index (χ1v) is 9.18. The molecule has 0 aromatic carbocycles. The molecule has 1 N–H and O–H groups in total. The van der Waals surface area contributed by atoms with Gasteiger partial charge in [-0.05, 0) is 18.2 Å². The summed E-state index contributed by atoms with van der Waals surface area (Å²) in [7, 11) is -1.93. The Labute approximate surface area is 142 Å². The Bertz CT molecular complexity index is 796. The number of aromatic nitrogens is 2. The van der Waals surface area contributed by atoms with Crippen molar-refractivity contribution in [2.75, 3.05) is 13.1 Å². The van der Waals surface area contributed by atoms with E-state index in [1.807, 2.05) is 12.1 Å². The summed E-state index contributed by atoms with van der Waals surface area (Å²) in [6.45, 7) is 4.61. The molecule has 1 amide bonds. The number of sulfonamides is 1. The van der Waals surface area contributed by atoms with Crippen LogP contribution in [0.4, 0.5) is 0 Å². The number of carbonyl (C=O) groups is 1. The third kappa shape index (κ3) is 3.82. The summed E-state index contributed by atoms with van der Waals surface area (Å²) in [5.41, 5.74) is 1.02. The molecule has 130 valence electrons. The minimum absolute atomic E-state index is 0.122. The molecule has 2 aromatic heterocycles. The van der Waals surface area contributed by atoms with Gasteiger partial charge in [0.25, 0.3) is 5.91 Å². The first-order valence-electron chi connectivity index (χ1n) is 7.74. The van der Waals surface area contributed by atoms with Crippen LogP contribution < -0.4 is 5.32 Å². The lowest BCUT2D eigenvalue weighted by Crippen LogP contribution is -2.30. The van der Waals surface area contributed by atoms with Crippen LogP contribution in [0.2, 0.25) is 0 Å². The third-order valence-electron chi connectivity index (χ3n) is 3.71. The lowest BCUT2D eigenvalue weighted by atomic mass is 10.3. The Balaban J connectivity index is 2.17. The molecule has 2 aromatic rings. The predicted octanol–water partition coefficient (Wildman–Crippen LogP) is 1.38. The van der Waals surface area contributed by atoms with Crippen molar-refractivity contribution in [3.8, 4) is 0 Å². The van der Waals surface area contributed by atoms with Crippen molar-refractivity contribution in [2.45, 2.75) is 25.3 Å². The minimum atomic E-state index is -3.58. The molecule has 0 radical (unpaired) electrons. The molecule has 24 heavy (non-hydrogen) atoms. The molecule has 0 saturated carbocycles. The molecular weight excluding hydrogens is 328 g/mol. The van der Waals surface area contributed by atoms with Gasteiger partial charge in [0.05, 0.1) is 12.2 Å². The predicted molar refractivity (Wildman–Crippen MR) is 90.9 cm³/mol. The molecule has 0 aliphatic heterocycles. The van der Waals surface area contributed by atoms with Crippen LogP contribution in [-0.2, 0) is 23.6 Å². The Kier molecular flexibility index (Phi) is 5.74. The van der Waals surface area contributed by atoms with Gasteiger partial charge in [-0.1, -0.05) is 19.9 Å². The molecule has 0 aliphatic carbocycles. The van der Waals surface area contributed by atoms with Gasteiger partial charge in [-0.25, -0.2) is 8.42 Å². The molecule has 2 heterocycles. The summed E-state index contributed by atoms with van der Waals surface area (Å²) in [5.74, 6) is -0.343. The topological polar surface area (TPSA) is 84.3 Å². The number of pyridine rings is 1. The first-order chi connectivity index (χ1) is 11.4. The van der Waals surface area contributed by atoms with Gasteiger partial charge >= 0.3 is 0 Å². The van der Waals surface area contributed by atoms with E-state index in [-0.39, 0.29) is 23.0 Å². The van der Waals surface area contributed by atoms with Crippen LogP contribution in [0.15, 0.2) is 41.6 Å². The van der Waals surface area contributed by atoms with Gasteiger partial charge in [0.15, 0.2) is 0 Å². The summed E-state index contributed by atoms with van der Waals surface area (Å²) in [6.07, 6.45) is 3.11. The number of nitrogens with one attached hydrogen (secondary N) is 1. The summed E-state index contributed by atoms with van der Waals surface area (Å²) in [4.78, 5) is 16.6. The van der Waals surface area contributed by atoms with Gasteiger partial charge in [-0.3, -0.25) is 9.78 Å². The van der Waals surface area contributed by atoms with Crippen LogP contribution in [0.5, 0.6) is 0 Å². The van der Waals surface area contributed by atoms with E-state index >= 15 is 0 Å². The maximum atomic E-state index is 12.5. The molecule has 8 heteroatoms. The lowest BCUT2D eigenvalue weighted by Gasteiger charge is -2.17. The highest BCUT2D eigenvalue weighted by atomic mass is 32.2. The summed E-state index contributed by atoms with van der Waals surface area (Å²) < 4.78 is 27.9. The average molecular weight is 350 g/mol. The Morgan fingerprint density at radius 2 is 2.00 bits per heavy atom. The van der Waals surface area contributed by atoms with Gasteiger partial charge in [0, 0.05) is 32.5 Å². The SMILES string of the molecule is CCN(CC)S(=O)(=O)c1cc(C(=O)NCc2ccccn2)n(C)c1. The van der Waals surface area contributed by atoms with E-state index in [2.05, 4.69) is 10.3 Å². The van der Waals surface area contributed by atoms with E-state index in [9.17, 15) is 13.2 Å². The minimum Gasteiger partial charge on any atom is -0.345 e. The van der Waals surface area contributed by atoms with E-state index in [0.717, 1.165) is 5.69 Å². The zero-order valence-corrected chi connectivity index (χ0v) is 14.9. The number of hydrogen-bond donors (Lipinski definition) is 1. The van der Waals surface area contributed by atoms with Gasteiger partial charge in [-0.2, -0.15) is 4.31 Å². The molecular formula is C16H22N4O3S. The molecule has 0 atom stereocenters. The molecule has 0 saturated heterocycles. The maximum Gasteiger partial charge on any atom is 0.268 e. The number of amides is 1. The van der Waals surface area contributed by atoms with Crippen LogP contribution in [0.25, 0.3) is 0 Å². The summed E-state index contributed by atoms with van der Waals surface area (Å²) >= 11 is 0. The Morgan fingerprint density at radius 1 is 1.29 bits per heavy atom. The van der Waals surface area contributed by atoms with E-state index in [1.54, 1.807) is 33.2 Å². The highest BCUT2D eigenvalue weighted by Gasteiger charge is 2.25. The van der Waals surface area contributed by atoms with E-state index in [0.29, 0.717) is 13.1 Å². The second-order valence-corrected chi connectivity index (χ2v) is 7.20. The van der Waals surface area contributed by atoms with Crippen molar-refractivity contribution >= 4 is 15.9 Å². The lowest BCUT2D eigenvalue weighted by molar-refractivity contribution is 0.0942. The number of nitrogens with zero attached hydrogens (tertiary/aromatic N) is 3. The van der Waals surface area contributed by atoms with Crippen molar-refractivity contribution in [3.63, 3.8) is 0 Å². The van der Waals surface area contributed by atoms with Crippen LogP contribution in [0, 0.1) is 0 Å². The summed E-state index contributed by atoms with van der Waals surface area (Å²) in [6, 6.07) is 6.85. The Hall–Kier alpha value is -2.19. The van der Waals surface area contributed by atoms with E-state index < -0.39 is 10.0 Å². The molecule has 0 fully saturated rings. The van der Waals surface area contributed by atoms with Crippen molar-refractivity contribution in [1.29, 1.82) is 0 Å². The smallest absolute Gasteiger partial charge is 0.268 e. The fourth-order valence-corrected chi connectivity index (χ4v) is 3.91. The maximum absolute atomic E-state index is 12.5.